The molecule has 1 aliphatic carbocycles. The summed E-state index contributed by atoms with van der Waals surface area (Å²) >= 11 is 0. The van der Waals surface area contributed by atoms with E-state index in [0.29, 0.717) is 18.7 Å². The van der Waals surface area contributed by atoms with Crippen molar-refractivity contribution in [3.05, 3.63) is 59.5 Å². The van der Waals surface area contributed by atoms with Crippen molar-refractivity contribution in [2.75, 3.05) is 6.61 Å². The highest BCUT2D eigenvalue weighted by Crippen LogP contribution is 2.42. The first-order chi connectivity index (χ1) is 14.1. The maximum atomic E-state index is 12.3. The molecule has 1 amide bonds. The Hall–Kier alpha value is -3.35. The summed E-state index contributed by atoms with van der Waals surface area (Å²) in [4.78, 5) is 27.6. The molecule has 0 aliphatic heterocycles. The molecule has 3 N–H and O–H groups in total. The minimum atomic E-state index is -1.05. The first-order valence-electron chi connectivity index (χ1n) is 9.73. The number of carbonyl (C=O) groups excluding carboxylic acids is 1. The van der Waals surface area contributed by atoms with Gasteiger partial charge in [-0.05, 0) is 48.6 Å². The zero-order valence-corrected chi connectivity index (χ0v) is 16.0. The number of aliphatic carboxylic acids is 1. The topological polar surface area (TPSA) is 107 Å². The summed E-state index contributed by atoms with van der Waals surface area (Å²) in [7, 11) is 0. The van der Waals surface area contributed by atoms with Crippen LogP contribution in [0.15, 0.2) is 42.7 Å². The molecule has 4 rings (SSSR count). The Balaban J connectivity index is 1.95. The third kappa shape index (κ3) is 3.68. The number of hydrogen-bond donors (Lipinski definition) is 2. The second-order valence-corrected chi connectivity index (χ2v) is 7.34. The highest BCUT2D eigenvalue weighted by molar-refractivity contribution is 5.97. The van der Waals surface area contributed by atoms with Gasteiger partial charge in [0.25, 0.3) is 0 Å². The van der Waals surface area contributed by atoms with E-state index in [-0.39, 0.29) is 5.91 Å². The number of nitrogens with two attached hydrogens (primary N) is 1. The molecular weight excluding hydrogens is 370 g/mol. The van der Waals surface area contributed by atoms with Gasteiger partial charge in [-0.3, -0.25) is 9.78 Å². The van der Waals surface area contributed by atoms with E-state index >= 15 is 0 Å². The minimum absolute atomic E-state index is 0.360. The van der Waals surface area contributed by atoms with Crippen molar-refractivity contribution in [3.63, 3.8) is 0 Å². The van der Waals surface area contributed by atoms with E-state index in [0.717, 1.165) is 47.0 Å². The van der Waals surface area contributed by atoms with Crippen molar-refractivity contribution in [2.24, 2.45) is 5.73 Å². The molecule has 0 radical (unpaired) electrons. The monoisotopic (exact) mass is 393 g/mol. The van der Waals surface area contributed by atoms with Gasteiger partial charge in [0.2, 0.25) is 5.91 Å². The highest BCUT2D eigenvalue weighted by atomic mass is 16.5. The maximum absolute atomic E-state index is 12.3. The van der Waals surface area contributed by atoms with Gasteiger partial charge < -0.3 is 20.1 Å². The number of pyridine rings is 1. The first-order valence-corrected chi connectivity index (χ1v) is 9.73. The molecule has 0 spiro atoms. The molecule has 29 heavy (non-hydrogen) atoms. The van der Waals surface area contributed by atoms with Crippen LogP contribution in [0.25, 0.3) is 10.9 Å². The van der Waals surface area contributed by atoms with Crippen LogP contribution in [0, 0.1) is 0 Å². The van der Waals surface area contributed by atoms with Crippen LogP contribution in [0.5, 0.6) is 5.75 Å². The normalized spacial score (nSPS) is 16.2. The van der Waals surface area contributed by atoms with Crippen LogP contribution in [-0.2, 0) is 22.6 Å². The number of carbonyl (C=O) groups is 2. The molecule has 0 saturated carbocycles. The Morgan fingerprint density at radius 1 is 1.24 bits per heavy atom. The number of amides is 1. The number of benzene rings is 1. The van der Waals surface area contributed by atoms with Crippen molar-refractivity contribution >= 4 is 22.8 Å². The molecule has 1 aliphatic rings. The fourth-order valence-electron chi connectivity index (χ4n) is 4.28. The van der Waals surface area contributed by atoms with Crippen molar-refractivity contribution in [2.45, 2.75) is 38.1 Å². The lowest BCUT2D eigenvalue weighted by molar-refractivity contribution is -0.139. The molecular formula is C22H23N3O4. The lowest BCUT2D eigenvalue weighted by atomic mass is 9.92. The summed E-state index contributed by atoms with van der Waals surface area (Å²) in [5.74, 6) is -1.35. The van der Waals surface area contributed by atoms with Crippen LogP contribution in [0.3, 0.4) is 0 Å². The Labute approximate surface area is 168 Å². The quantitative estimate of drug-likeness (QED) is 0.626. The molecule has 3 aromatic rings. The smallest absolute Gasteiger partial charge is 0.341 e. The molecule has 0 saturated heterocycles. The maximum Gasteiger partial charge on any atom is 0.341 e. The minimum Gasteiger partial charge on any atom is -0.481 e. The van der Waals surface area contributed by atoms with E-state index < -0.39 is 18.5 Å². The highest BCUT2D eigenvalue weighted by Gasteiger charge is 2.31. The van der Waals surface area contributed by atoms with Crippen molar-refractivity contribution in [3.8, 4) is 5.75 Å². The molecule has 1 unspecified atom stereocenters. The van der Waals surface area contributed by atoms with Gasteiger partial charge in [-0.25, -0.2) is 4.79 Å². The number of carboxylic acid groups (broad SMARTS) is 1. The van der Waals surface area contributed by atoms with Crippen LogP contribution < -0.4 is 10.5 Å². The SMILES string of the molecule is NC(=O)C1CCCCc2c1c1c(OCC(=O)O)cccc1n2Cc1cccnc1. The van der Waals surface area contributed by atoms with Gasteiger partial charge in [-0.1, -0.05) is 18.6 Å². The van der Waals surface area contributed by atoms with Gasteiger partial charge in [0.15, 0.2) is 6.61 Å². The number of aromatic nitrogens is 2. The number of primary amides is 1. The van der Waals surface area contributed by atoms with Crippen molar-refractivity contribution in [1.82, 2.24) is 9.55 Å². The first kappa shape index (κ1) is 19.0. The molecule has 7 nitrogen and oxygen atoms in total. The largest absolute Gasteiger partial charge is 0.481 e. The van der Waals surface area contributed by atoms with E-state index in [1.54, 1.807) is 12.3 Å². The van der Waals surface area contributed by atoms with Gasteiger partial charge in [0.05, 0.1) is 11.4 Å². The number of rotatable bonds is 6. The lowest BCUT2D eigenvalue weighted by Gasteiger charge is -2.14. The van der Waals surface area contributed by atoms with Gasteiger partial charge in [0.1, 0.15) is 5.75 Å². The Morgan fingerprint density at radius 2 is 2.10 bits per heavy atom. The predicted molar refractivity (Wildman–Crippen MR) is 108 cm³/mol. The van der Waals surface area contributed by atoms with Gasteiger partial charge in [0, 0.05) is 30.0 Å². The lowest BCUT2D eigenvalue weighted by Crippen LogP contribution is -2.21. The average molecular weight is 393 g/mol. The van der Waals surface area contributed by atoms with E-state index in [9.17, 15) is 9.59 Å². The van der Waals surface area contributed by atoms with Crippen LogP contribution in [0.1, 0.15) is 42.0 Å². The third-order valence-electron chi connectivity index (χ3n) is 5.46. The molecule has 0 bridgehead atoms. The van der Waals surface area contributed by atoms with E-state index in [1.165, 1.54) is 0 Å². The Kier molecular flexibility index (Phi) is 5.20. The summed E-state index contributed by atoms with van der Waals surface area (Å²) in [5, 5.41) is 9.85. The summed E-state index contributed by atoms with van der Waals surface area (Å²) < 4.78 is 7.79. The van der Waals surface area contributed by atoms with Gasteiger partial charge in [-0.2, -0.15) is 0 Å². The second kappa shape index (κ2) is 7.95. The molecule has 150 valence electrons. The fraction of sp³-hybridized carbons (Fsp3) is 0.318. The van der Waals surface area contributed by atoms with Crippen molar-refractivity contribution in [1.29, 1.82) is 0 Å². The number of nitrogens with zero attached hydrogens (tertiary/aromatic N) is 2. The van der Waals surface area contributed by atoms with E-state index in [4.69, 9.17) is 15.6 Å². The van der Waals surface area contributed by atoms with Crippen LogP contribution in [-0.4, -0.2) is 33.1 Å². The number of fused-ring (bicyclic) bond motifs is 3. The van der Waals surface area contributed by atoms with Crippen LogP contribution in [0.2, 0.25) is 0 Å². The number of ether oxygens (including phenoxy) is 1. The Morgan fingerprint density at radius 3 is 2.83 bits per heavy atom. The Bertz CT molecular complexity index is 1060. The van der Waals surface area contributed by atoms with Gasteiger partial charge >= 0.3 is 5.97 Å². The second-order valence-electron chi connectivity index (χ2n) is 7.34. The molecule has 7 heteroatoms. The molecule has 0 fully saturated rings. The third-order valence-corrected chi connectivity index (χ3v) is 5.46. The van der Waals surface area contributed by atoms with E-state index in [1.807, 2.05) is 30.5 Å². The van der Waals surface area contributed by atoms with Crippen LogP contribution >= 0.6 is 0 Å². The average Bonchev–Trinajstić information content (AvgIpc) is 2.87. The summed E-state index contributed by atoms with van der Waals surface area (Å²) in [6, 6.07) is 9.48. The molecule has 1 aromatic carbocycles. The molecule has 2 aromatic heterocycles. The van der Waals surface area contributed by atoms with Crippen molar-refractivity contribution < 1.29 is 19.4 Å². The zero-order chi connectivity index (χ0) is 20.4. The summed E-state index contributed by atoms with van der Waals surface area (Å²) in [6.45, 7) is 0.163. The number of carboxylic acids is 1. The van der Waals surface area contributed by atoms with Crippen LogP contribution in [0.4, 0.5) is 0 Å². The number of hydrogen-bond acceptors (Lipinski definition) is 4. The predicted octanol–water partition coefficient (Wildman–Crippen LogP) is 2.84. The summed E-state index contributed by atoms with van der Waals surface area (Å²) in [6.07, 6.45) is 6.94. The van der Waals surface area contributed by atoms with Gasteiger partial charge in [-0.15, -0.1) is 0 Å². The standard InChI is InChI=1S/C22H23N3O4/c23-22(28)15-6-1-2-7-16-20(15)21-17(8-3-9-18(21)29-13-19(26)27)25(16)12-14-5-4-10-24-11-14/h3-5,8-11,15H,1-2,6-7,12-13H2,(H2,23,28)(H,26,27). The zero-order valence-electron chi connectivity index (χ0n) is 16.0. The molecule has 2 heterocycles. The summed E-state index contributed by atoms with van der Waals surface area (Å²) in [5.41, 5.74) is 9.69. The van der Waals surface area contributed by atoms with E-state index in [2.05, 4.69) is 9.55 Å². The molecule has 1 atom stereocenters. The fourth-order valence-corrected chi connectivity index (χ4v) is 4.28.